The highest BCUT2D eigenvalue weighted by molar-refractivity contribution is 6.61. The van der Waals surface area contributed by atoms with E-state index in [-0.39, 0.29) is 63.0 Å². The standard InChI is InChI=1S/C31H33N9O7.C23H29N9O3.C11H14O3.C7H4ClNO4/c1-45-25-23(46-16-2-10-38-12-14-39(15-13-38)31(44)47-21-5-3-19(4-6-21)28(42)43)8-7-22-24(25)36-30(40-11-9-33-26(22)40)37-27(41)20-17-34-29(32)35-18-20;1-34-19-17(35-12-2-8-31-9-5-25-6-10-31)4-3-16-18(19)29-23(32-11-7-26-20(16)32)30-21(33)15-13-27-22(24)28-14-15;1-11(2,3)14-10(13)8-4-6-9(12)7-5-8;8-7(10)13-6-3-1-5(2-4-6)9(11)12/h3-8,17-18,33H,2,9-16H2,1H3,(H,42,43)(H2,32,34,35);3-4,13-14,25-26H,2,5-12H2,1H3,(H2,24,27,28);4-7,12H,1-3H3;1-4H. The number of phenols is 1. The van der Waals surface area contributed by atoms with Gasteiger partial charge in [-0.1, -0.05) is 0 Å². The minimum atomic E-state index is -1.04. The summed E-state index contributed by atoms with van der Waals surface area (Å²) in [5, 5.41) is 40.0. The zero-order valence-corrected chi connectivity index (χ0v) is 60.8. The molecule has 9 aromatic rings. The molecule has 2 fully saturated rings. The summed E-state index contributed by atoms with van der Waals surface area (Å²) in [6, 6.07) is 24.3. The quantitative estimate of drug-likeness (QED) is 0.0144. The number of phenolic OH excluding ortho intramolecular Hbond substituents is 1. The molecule has 3 amide bonds. The number of nitro benzene ring substituents is 1. The number of nitrogens with zero attached hydrogens (tertiary/aromatic N) is 14. The number of anilines is 4. The Bertz CT molecular complexity index is 4900. The maximum Gasteiger partial charge on any atom is 0.415 e. The minimum absolute atomic E-state index is 0.0621. The molecule has 572 valence electrons. The summed E-state index contributed by atoms with van der Waals surface area (Å²) < 4.78 is 42.4. The number of non-ortho nitro benzene ring substituents is 1. The second-order valence-electron chi connectivity index (χ2n) is 25.3. The number of nitro groups is 1. The predicted molar refractivity (Wildman–Crippen MR) is 397 cm³/mol. The van der Waals surface area contributed by atoms with Crippen molar-refractivity contribution in [2.45, 2.75) is 52.3 Å². The molecule has 109 heavy (non-hydrogen) atoms. The molecule has 4 aliphatic rings. The second-order valence-corrected chi connectivity index (χ2v) is 25.6. The summed E-state index contributed by atoms with van der Waals surface area (Å²) in [5.74, 6) is 1.98. The van der Waals surface area contributed by atoms with Gasteiger partial charge < -0.3 is 80.6 Å². The predicted octanol–water partition coefficient (Wildman–Crippen LogP) is 6.81. The van der Waals surface area contributed by atoms with Gasteiger partial charge in [0, 0.05) is 151 Å². The van der Waals surface area contributed by atoms with E-state index in [0.29, 0.717) is 111 Å². The van der Waals surface area contributed by atoms with Crippen molar-refractivity contribution in [2.24, 2.45) is 9.98 Å². The molecular weight excluding hydrogens is 1440 g/mol. The van der Waals surface area contributed by atoms with Crippen molar-refractivity contribution in [3.8, 4) is 40.2 Å². The van der Waals surface area contributed by atoms with Crippen molar-refractivity contribution in [2.75, 3.05) is 128 Å². The Morgan fingerprint density at radius 2 is 1.04 bits per heavy atom. The number of ether oxygens (including phenoxy) is 7. The maximum atomic E-state index is 12.9. The van der Waals surface area contributed by atoms with E-state index in [2.05, 4.69) is 60.4 Å². The van der Waals surface area contributed by atoms with E-state index >= 15 is 0 Å². The number of methoxy groups -OCH3 is 2. The Morgan fingerprint density at radius 3 is 1.48 bits per heavy atom. The first-order valence-corrected chi connectivity index (χ1v) is 34.7. The number of halogens is 1. The van der Waals surface area contributed by atoms with Gasteiger partial charge in [-0.3, -0.25) is 33.7 Å². The molecule has 0 atom stereocenters. The highest BCUT2D eigenvalue weighted by Gasteiger charge is 2.27. The lowest BCUT2D eigenvalue weighted by atomic mass is 10.1. The Labute approximate surface area is 627 Å². The van der Waals surface area contributed by atoms with Crippen LogP contribution < -0.4 is 67.1 Å². The molecular formula is C72H80ClN19O17. The van der Waals surface area contributed by atoms with E-state index in [4.69, 9.17) is 71.7 Å². The molecule has 0 aliphatic carbocycles. The number of amides is 3. The Hall–Kier alpha value is -12.7. The van der Waals surface area contributed by atoms with Crippen molar-refractivity contribution in [3.05, 3.63) is 165 Å². The van der Waals surface area contributed by atoms with E-state index < -0.39 is 39.8 Å². The van der Waals surface area contributed by atoms with E-state index in [1.54, 1.807) is 19.1 Å². The van der Waals surface area contributed by atoms with Crippen molar-refractivity contribution >= 4 is 97.9 Å². The Morgan fingerprint density at radius 1 is 0.587 bits per heavy atom. The number of rotatable bonds is 19. The number of carboxylic acids is 1. The zero-order chi connectivity index (χ0) is 77.7. The number of carbonyl (C=O) groups is 6. The first-order valence-electron chi connectivity index (χ1n) is 34.3. The third kappa shape index (κ3) is 21.5. The lowest BCUT2D eigenvalue weighted by molar-refractivity contribution is -0.384. The number of hydrogen-bond donors (Lipinski definition) is 7. The zero-order valence-electron chi connectivity index (χ0n) is 60.1. The Kier molecular flexibility index (Phi) is 26.8. The van der Waals surface area contributed by atoms with E-state index in [0.717, 1.165) is 74.5 Å². The summed E-state index contributed by atoms with van der Waals surface area (Å²) in [5.41, 5.74) is 12.1. The number of hydrogen-bond acceptors (Lipinski definition) is 29. The SMILES string of the molecule is CC(C)(C)OC(=O)c1ccc(O)cc1.COc1c(OCCCN2CCN(C(=O)Oc3ccc(C(=O)O)cc3)CC2)ccc2c3n(c(=NC(=O)c4cnc(N)nc4)nc12)CCN3.COc1c(OCCCN2CCNCC2)ccc2c3n(c(=NC(=O)c4cnc(N)nc4)nc12)CCN3.O=C(Cl)Oc1ccc([N+](=O)[O-])cc1. The number of aromatic hydroxyl groups is 1. The third-order valence-electron chi connectivity index (χ3n) is 16.7. The lowest BCUT2D eigenvalue weighted by Crippen LogP contribution is -2.49. The van der Waals surface area contributed by atoms with Gasteiger partial charge >= 0.3 is 23.5 Å². The van der Waals surface area contributed by atoms with Crippen LogP contribution in [0.2, 0.25) is 0 Å². The van der Waals surface area contributed by atoms with Crippen LogP contribution in [0.3, 0.4) is 0 Å². The van der Waals surface area contributed by atoms with Crippen LogP contribution in [0.15, 0.2) is 132 Å². The number of aromatic carboxylic acids is 1. The molecule has 0 bridgehead atoms. The van der Waals surface area contributed by atoms with Crippen LogP contribution in [-0.4, -0.2) is 216 Å². The summed E-state index contributed by atoms with van der Waals surface area (Å²) in [6.45, 7) is 17.3. The second kappa shape index (κ2) is 37.0. The highest BCUT2D eigenvalue weighted by atomic mass is 35.5. The fourth-order valence-corrected chi connectivity index (χ4v) is 11.5. The molecule has 13 rings (SSSR count). The average molecular weight is 1520 g/mol. The van der Waals surface area contributed by atoms with Gasteiger partial charge in [0.1, 0.15) is 45.5 Å². The van der Waals surface area contributed by atoms with Crippen molar-refractivity contribution < 1.29 is 77.1 Å². The van der Waals surface area contributed by atoms with Gasteiger partial charge in [-0.05, 0) is 119 Å². The van der Waals surface area contributed by atoms with Gasteiger partial charge in [0.15, 0.2) is 23.0 Å². The molecule has 0 radical (unpaired) electrons. The van der Waals surface area contributed by atoms with Crippen LogP contribution in [0.25, 0.3) is 21.8 Å². The normalized spacial score (nSPS) is 14.1. The minimum Gasteiger partial charge on any atom is -0.508 e. The number of esters is 1. The molecule has 4 aromatic heterocycles. The van der Waals surface area contributed by atoms with Crippen molar-refractivity contribution in [3.63, 3.8) is 0 Å². The van der Waals surface area contributed by atoms with Gasteiger partial charge in [-0.25, -0.2) is 49.1 Å². The summed E-state index contributed by atoms with van der Waals surface area (Å²) in [4.78, 5) is 120. The lowest BCUT2D eigenvalue weighted by Gasteiger charge is -2.34. The topological polar surface area (TPSA) is 460 Å². The number of carbonyl (C=O) groups excluding carboxylic acids is 5. The average Bonchev–Trinajstić information content (AvgIpc) is 1.73. The summed E-state index contributed by atoms with van der Waals surface area (Å²) in [7, 11) is 3.13. The van der Waals surface area contributed by atoms with Crippen LogP contribution in [0.1, 0.15) is 75.0 Å². The monoisotopic (exact) mass is 1520 g/mol. The van der Waals surface area contributed by atoms with E-state index in [9.17, 15) is 38.9 Å². The number of nitrogen functional groups attached to an aromatic ring is 2. The van der Waals surface area contributed by atoms with Crippen LogP contribution in [0.5, 0.6) is 40.2 Å². The molecule has 8 heterocycles. The molecule has 0 saturated carbocycles. The third-order valence-corrected chi connectivity index (χ3v) is 16.8. The maximum absolute atomic E-state index is 12.9. The van der Waals surface area contributed by atoms with Crippen LogP contribution in [0, 0.1) is 10.1 Å². The fourth-order valence-electron chi connectivity index (χ4n) is 11.4. The van der Waals surface area contributed by atoms with E-state index in [1.165, 1.54) is 97.6 Å². The molecule has 5 aromatic carbocycles. The number of carboxylic acid groups (broad SMARTS) is 1. The molecule has 2 saturated heterocycles. The number of fused-ring (bicyclic) bond motifs is 6. The van der Waals surface area contributed by atoms with Crippen LogP contribution in [0.4, 0.5) is 38.8 Å². The number of nitrogens with one attached hydrogen (secondary N) is 3. The molecule has 0 unspecified atom stereocenters. The van der Waals surface area contributed by atoms with Crippen molar-refractivity contribution in [1.29, 1.82) is 0 Å². The van der Waals surface area contributed by atoms with Crippen LogP contribution >= 0.6 is 11.6 Å². The van der Waals surface area contributed by atoms with Gasteiger partial charge in [0.25, 0.3) is 17.5 Å². The molecule has 9 N–H and O–H groups in total. The van der Waals surface area contributed by atoms with Gasteiger partial charge in [0.05, 0.1) is 54.6 Å². The summed E-state index contributed by atoms with van der Waals surface area (Å²) >= 11 is 4.92. The Balaban J connectivity index is 0.000000177. The summed E-state index contributed by atoms with van der Waals surface area (Å²) in [6.07, 6.45) is 6.53. The van der Waals surface area contributed by atoms with Gasteiger partial charge in [-0.15, -0.1) is 0 Å². The number of benzene rings is 5. The fraction of sp³-hybridized carbons (Fsp3) is 0.333. The molecule has 0 spiro atoms. The van der Waals surface area contributed by atoms with Gasteiger partial charge in [-0.2, -0.15) is 9.98 Å². The molecule has 36 nitrogen and oxygen atoms in total. The first-order chi connectivity index (χ1) is 52.4. The number of nitrogens with two attached hydrogens (primary N) is 2. The number of piperazine rings is 2. The number of aromatic nitrogens is 8. The molecule has 37 heteroatoms. The molecule has 4 aliphatic heterocycles. The van der Waals surface area contributed by atoms with Crippen molar-refractivity contribution in [1.82, 2.24) is 59.1 Å². The van der Waals surface area contributed by atoms with E-state index in [1.807, 2.05) is 54.2 Å². The van der Waals surface area contributed by atoms with Crippen LogP contribution in [-0.2, 0) is 17.8 Å². The van der Waals surface area contributed by atoms with Gasteiger partial charge in [0.2, 0.25) is 23.1 Å². The smallest absolute Gasteiger partial charge is 0.415 e. The highest BCUT2D eigenvalue weighted by Crippen LogP contribution is 2.39. The largest absolute Gasteiger partial charge is 0.508 e. The first kappa shape index (κ1) is 78.9.